The number of aliphatic imine (C=N–C) groups is 3. The second-order valence-corrected chi connectivity index (χ2v) is 6.76. The predicted molar refractivity (Wildman–Crippen MR) is 126 cm³/mol. The van der Waals surface area contributed by atoms with E-state index in [2.05, 4.69) is 33.4 Å². The Balaban J connectivity index is 0.00000161. The number of nitrogens with zero attached hydrogens (tertiary/aromatic N) is 4. The number of unbranched alkanes of at least 4 members (excludes halogenated alkanes) is 3. The molecule has 2 rings (SSSR count). The van der Waals surface area contributed by atoms with Gasteiger partial charge in [0.2, 0.25) is 5.90 Å². The monoisotopic (exact) mass is 442 g/mol. The van der Waals surface area contributed by atoms with E-state index in [0.717, 1.165) is 48.4 Å². The molecule has 1 aliphatic heterocycles. The van der Waals surface area contributed by atoms with E-state index in [1.807, 2.05) is 31.2 Å². The van der Waals surface area contributed by atoms with E-state index in [1.165, 1.54) is 6.08 Å². The van der Waals surface area contributed by atoms with E-state index < -0.39 is 0 Å². The van der Waals surface area contributed by atoms with Crippen molar-refractivity contribution >= 4 is 36.6 Å². The van der Waals surface area contributed by atoms with Crippen molar-refractivity contribution in [2.75, 3.05) is 13.2 Å². The Morgan fingerprint density at radius 3 is 2.69 bits per heavy atom. The number of carboxylic acid groups (broad SMARTS) is 1. The number of benzene rings is 1. The molecule has 0 amide bonds. The average molecular weight is 443 g/mol. The zero-order chi connectivity index (χ0) is 23.6. The Morgan fingerprint density at radius 2 is 2.03 bits per heavy atom. The summed E-state index contributed by atoms with van der Waals surface area (Å²) in [6.45, 7) is 10.0. The van der Waals surface area contributed by atoms with Crippen LogP contribution in [0.25, 0.3) is 0 Å². The minimum atomic E-state index is -0.379. The van der Waals surface area contributed by atoms with Gasteiger partial charge in [-0.05, 0) is 31.4 Å². The molecule has 0 aromatic heterocycles. The molecule has 1 aliphatic rings. The lowest BCUT2D eigenvalue weighted by Crippen LogP contribution is -2.03. The van der Waals surface area contributed by atoms with E-state index in [9.17, 15) is 4.79 Å². The first-order chi connectivity index (χ1) is 15.5. The number of carbonyl (C=O) groups is 2. The Hall–Kier alpha value is -3.62. The average Bonchev–Trinajstić information content (AvgIpc) is 3.23. The van der Waals surface area contributed by atoms with Crippen LogP contribution in [0.1, 0.15) is 50.2 Å². The maximum Gasteiger partial charge on any atom is 0.330 e. The first-order valence-corrected chi connectivity index (χ1v) is 10.2. The summed E-state index contributed by atoms with van der Waals surface area (Å²) in [4.78, 5) is 38.0. The maximum absolute atomic E-state index is 11.0. The Morgan fingerprint density at radius 1 is 1.28 bits per heavy atom. The second-order valence-electron chi connectivity index (χ2n) is 6.76. The topological polar surface area (TPSA) is 122 Å². The van der Waals surface area contributed by atoms with Crippen LogP contribution < -0.4 is 0 Å². The largest absolute Gasteiger partial charge is 0.483 e. The molecule has 0 bridgehead atoms. The number of hydrogen-bond donors (Lipinski definition) is 1. The molecule has 9 nitrogen and oxygen atoms in total. The van der Waals surface area contributed by atoms with Crippen LogP contribution in [-0.2, 0) is 25.7 Å². The number of esters is 1. The smallest absolute Gasteiger partial charge is 0.330 e. The van der Waals surface area contributed by atoms with Crippen molar-refractivity contribution in [2.45, 2.75) is 45.6 Å². The van der Waals surface area contributed by atoms with Gasteiger partial charge >= 0.3 is 5.97 Å². The molecule has 9 heteroatoms. The van der Waals surface area contributed by atoms with Crippen LogP contribution in [0.5, 0.6) is 0 Å². The zero-order valence-corrected chi connectivity index (χ0v) is 18.4. The third-order valence-corrected chi connectivity index (χ3v) is 4.24. The summed E-state index contributed by atoms with van der Waals surface area (Å²) in [6, 6.07) is 8.05. The van der Waals surface area contributed by atoms with Crippen molar-refractivity contribution in [3.8, 4) is 0 Å². The highest BCUT2D eigenvalue weighted by molar-refractivity contribution is 6.11. The number of ether oxygens (including phenoxy) is 1. The molecule has 1 aromatic rings. The van der Waals surface area contributed by atoms with Crippen LogP contribution in [-0.4, -0.2) is 54.9 Å². The third kappa shape index (κ3) is 11.0. The Kier molecular flexibility index (Phi) is 13.3. The fourth-order valence-electron chi connectivity index (χ4n) is 2.78. The second kappa shape index (κ2) is 16.1. The zero-order valence-electron chi connectivity index (χ0n) is 18.4. The van der Waals surface area contributed by atoms with Gasteiger partial charge in [-0.3, -0.25) is 9.79 Å². The lowest BCUT2D eigenvalue weighted by molar-refractivity contribution is -0.137. The van der Waals surface area contributed by atoms with Gasteiger partial charge in [0.15, 0.2) is 5.84 Å². The van der Waals surface area contributed by atoms with E-state index in [1.54, 1.807) is 0 Å². The molecule has 0 saturated carbocycles. The van der Waals surface area contributed by atoms with E-state index in [-0.39, 0.29) is 12.4 Å². The molecule has 0 unspecified atom stereocenters. The van der Waals surface area contributed by atoms with Gasteiger partial charge in [-0.2, -0.15) is 0 Å². The van der Waals surface area contributed by atoms with Crippen LogP contribution >= 0.6 is 0 Å². The highest BCUT2D eigenvalue weighted by Crippen LogP contribution is 2.13. The van der Waals surface area contributed by atoms with Crippen molar-refractivity contribution in [3.63, 3.8) is 0 Å². The van der Waals surface area contributed by atoms with Crippen molar-refractivity contribution in [1.29, 1.82) is 0 Å². The molecular weight excluding hydrogens is 412 g/mol. The van der Waals surface area contributed by atoms with Gasteiger partial charge in [-0.25, -0.2) is 14.8 Å². The number of rotatable bonds is 12. The van der Waals surface area contributed by atoms with Gasteiger partial charge in [0.1, 0.15) is 0 Å². The Labute approximate surface area is 188 Å². The lowest BCUT2D eigenvalue weighted by atomic mass is 10.1. The van der Waals surface area contributed by atoms with Crippen molar-refractivity contribution in [2.24, 2.45) is 20.1 Å². The fraction of sp³-hybridized carbons (Fsp3) is 0.391. The minimum Gasteiger partial charge on any atom is -0.483 e. The third-order valence-electron chi connectivity index (χ3n) is 4.24. The lowest BCUT2D eigenvalue weighted by Gasteiger charge is -2.06. The van der Waals surface area contributed by atoms with Gasteiger partial charge in [-0.1, -0.05) is 42.8 Å². The molecule has 0 saturated heterocycles. The summed E-state index contributed by atoms with van der Waals surface area (Å²) in [7, 11) is 0. The van der Waals surface area contributed by atoms with Gasteiger partial charge in [0.05, 0.1) is 19.7 Å². The van der Waals surface area contributed by atoms with Gasteiger partial charge in [-0.15, -0.1) is 0 Å². The van der Waals surface area contributed by atoms with Crippen LogP contribution in [0.2, 0.25) is 0 Å². The molecule has 0 aliphatic carbocycles. The number of amidine groups is 1. The summed E-state index contributed by atoms with van der Waals surface area (Å²) in [5.74, 6) is 0.961. The summed E-state index contributed by atoms with van der Waals surface area (Å²) >= 11 is 0. The SMILES string of the molecule is C=CC(=O)OCCCCCCC(=NCc1cccc(C2=NCC(C)=N2)c1)ON=C.O=CO. The molecule has 1 heterocycles. The maximum atomic E-state index is 11.0. The molecule has 0 radical (unpaired) electrons. The van der Waals surface area contributed by atoms with Crippen molar-refractivity contribution in [3.05, 3.63) is 48.0 Å². The highest BCUT2D eigenvalue weighted by atomic mass is 16.6. The standard InChI is InChI=1S/C22H28N4O3.CH2O2/c1-4-21(27)28-13-8-6-5-7-12-20(29-23-3)24-16-18-10-9-11-19(14-18)22-25-15-17(2)26-22;2-1-3/h4,9-11,14H,1,3,5-8,12-13,15-16H2,2H3;1H,(H,2,3). The molecule has 0 atom stereocenters. The van der Waals surface area contributed by atoms with Gasteiger partial charge in [0.25, 0.3) is 6.47 Å². The van der Waals surface area contributed by atoms with Crippen LogP contribution in [0.3, 0.4) is 0 Å². The van der Waals surface area contributed by atoms with E-state index in [0.29, 0.717) is 32.0 Å². The summed E-state index contributed by atoms with van der Waals surface area (Å²) in [5.41, 5.74) is 3.07. The first-order valence-electron chi connectivity index (χ1n) is 10.2. The molecule has 0 fully saturated rings. The molecular formula is C23H30N4O5. The van der Waals surface area contributed by atoms with Gasteiger partial charge in [0, 0.05) is 30.5 Å². The van der Waals surface area contributed by atoms with Crippen LogP contribution in [0.15, 0.2) is 57.1 Å². The van der Waals surface area contributed by atoms with Crippen LogP contribution in [0.4, 0.5) is 0 Å². The first kappa shape index (κ1) is 26.4. The number of carbonyl (C=O) groups excluding carboxylic acids is 1. The molecule has 0 spiro atoms. The minimum absolute atomic E-state index is 0.250. The normalized spacial score (nSPS) is 12.6. The molecule has 1 N–H and O–H groups in total. The summed E-state index contributed by atoms with van der Waals surface area (Å²) in [5, 5.41) is 10.4. The Bertz CT molecular complexity index is 862. The highest BCUT2D eigenvalue weighted by Gasteiger charge is 2.09. The predicted octanol–water partition coefficient (Wildman–Crippen LogP) is 3.82. The van der Waals surface area contributed by atoms with E-state index in [4.69, 9.17) is 19.5 Å². The summed E-state index contributed by atoms with van der Waals surface area (Å²) in [6.07, 6.45) is 5.54. The van der Waals surface area contributed by atoms with Crippen LogP contribution in [0, 0.1) is 0 Å². The number of oxime groups is 1. The summed E-state index contributed by atoms with van der Waals surface area (Å²) < 4.78 is 4.95. The van der Waals surface area contributed by atoms with E-state index >= 15 is 0 Å². The van der Waals surface area contributed by atoms with Crippen molar-refractivity contribution in [1.82, 2.24) is 0 Å². The molecule has 32 heavy (non-hydrogen) atoms. The molecule has 1 aromatic carbocycles. The van der Waals surface area contributed by atoms with Gasteiger partial charge < -0.3 is 14.7 Å². The number of hydrogen-bond acceptors (Lipinski definition) is 8. The van der Waals surface area contributed by atoms with Crippen molar-refractivity contribution < 1.29 is 24.3 Å². The fourth-order valence-corrected chi connectivity index (χ4v) is 2.78. The molecule has 172 valence electrons. The quantitative estimate of drug-likeness (QED) is 0.100.